The van der Waals surface area contributed by atoms with Crippen LogP contribution in [0.15, 0.2) is 28.7 Å². The highest BCUT2D eigenvalue weighted by atomic mass is 79.9. The van der Waals surface area contributed by atoms with Gasteiger partial charge in [-0.2, -0.15) is 0 Å². The molecule has 1 aromatic carbocycles. The third kappa shape index (κ3) is 2.20. The fourth-order valence-electron chi connectivity index (χ4n) is 1.32. The quantitative estimate of drug-likeness (QED) is 0.806. The number of aromatic nitrogens is 2. The number of hydrogen-bond donors (Lipinski definition) is 1. The van der Waals surface area contributed by atoms with Crippen molar-refractivity contribution in [3.63, 3.8) is 0 Å². The maximum Gasteiger partial charge on any atom is 0.144 e. The molecule has 0 radical (unpaired) electrons. The van der Waals surface area contributed by atoms with Gasteiger partial charge in [0, 0.05) is 11.3 Å². The van der Waals surface area contributed by atoms with E-state index in [0.717, 1.165) is 15.7 Å². The van der Waals surface area contributed by atoms with Gasteiger partial charge in [0.1, 0.15) is 16.3 Å². The summed E-state index contributed by atoms with van der Waals surface area (Å²) in [5, 5.41) is 0. The maximum atomic E-state index is 12.8. The van der Waals surface area contributed by atoms with Gasteiger partial charge in [-0.3, -0.25) is 0 Å². The van der Waals surface area contributed by atoms with Crippen LogP contribution in [0.5, 0.6) is 0 Å². The average molecular weight is 299 g/mol. The summed E-state index contributed by atoms with van der Waals surface area (Å²) in [6.07, 6.45) is 0. The molecule has 0 bridgehead atoms. The number of hydrogen-bond acceptors (Lipinski definition) is 2. The van der Waals surface area contributed by atoms with E-state index in [1.165, 1.54) is 12.1 Å². The highest BCUT2D eigenvalue weighted by Gasteiger charge is 2.04. The fraction of sp³-hybridized carbons (Fsp3) is 0.0909. The predicted molar refractivity (Wildman–Crippen MR) is 67.3 cm³/mol. The van der Waals surface area contributed by atoms with E-state index in [9.17, 15) is 4.39 Å². The van der Waals surface area contributed by atoms with Crippen LogP contribution >= 0.6 is 28.1 Å². The van der Waals surface area contributed by atoms with Crippen LogP contribution < -0.4 is 0 Å². The van der Waals surface area contributed by atoms with Gasteiger partial charge in [-0.05, 0) is 47.1 Å². The van der Waals surface area contributed by atoms with E-state index < -0.39 is 0 Å². The molecule has 16 heavy (non-hydrogen) atoms. The van der Waals surface area contributed by atoms with Crippen LogP contribution in [0.25, 0.3) is 11.4 Å². The van der Waals surface area contributed by atoms with Crippen LogP contribution in [0.3, 0.4) is 0 Å². The predicted octanol–water partition coefficient (Wildman–Crippen LogP) is 4.02. The van der Waals surface area contributed by atoms with Crippen molar-refractivity contribution >= 4 is 28.1 Å². The molecular formula is C11H8BrFN2S. The molecule has 1 N–H and O–H groups in total. The van der Waals surface area contributed by atoms with E-state index >= 15 is 0 Å². The Morgan fingerprint density at radius 1 is 1.31 bits per heavy atom. The highest BCUT2D eigenvalue weighted by Crippen LogP contribution is 2.20. The van der Waals surface area contributed by atoms with E-state index in [1.54, 1.807) is 12.1 Å². The maximum absolute atomic E-state index is 12.8. The largest absolute Gasteiger partial charge is 0.342 e. The summed E-state index contributed by atoms with van der Waals surface area (Å²) in [5.74, 6) is 0.377. The topological polar surface area (TPSA) is 28.7 Å². The minimum absolute atomic E-state index is 0.267. The lowest BCUT2D eigenvalue weighted by molar-refractivity contribution is 0.628. The van der Waals surface area contributed by atoms with Crippen LogP contribution in [0.1, 0.15) is 5.69 Å². The monoisotopic (exact) mass is 298 g/mol. The number of aromatic amines is 1. The summed E-state index contributed by atoms with van der Waals surface area (Å²) >= 11 is 8.44. The number of nitrogens with zero attached hydrogens (tertiary/aromatic N) is 1. The summed E-state index contributed by atoms with van der Waals surface area (Å²) in [4.78, 5) is 7.33. The molecule has 1 heterocycles. The Bertz CT molecular complexity index is 578. The van der Waals surface area contributed by atoms with Gasteiger partial charge in [-0.15, -0.1) is 0 Å². The number of H-pyrrole nitrogens is 1. The summed E-state index contributed by atoms with van der Waals surface area (Å²) in [5.41, 5.74) is 1.71. The molecule has 0 saturated carbocycles. The second-order valence-corrected chi connectivity index (χ2v) is 4.52. The number of benzene rings is 1. The van der Waals surface area contributed by atoms with E-state index in [1.807, 2.05) is 6.92 Å². The van der Waals surface area contributed by atoms with Gasteiger partial charge in [0.2, 0.25) is 0 Å². The van der Waals surface area contributed by atoms with E-state index in [2.05, 4.69) is 25.9 Å². The zero-order valence-electron chi connectivity index (χ0n) is 8.42. The molecule has 5 heteroatoms. The molecule has 0 aliphatic carbocycles. The molecule has 2 rings (SSSR count). The molecule has 0 aliphatic heterocycles. The van der Waals surface area contributed by atoms with Crippen LogP contribution in [0.2, 0.25) is 0 Å². The van der Waals surface area contributed by atoms with E-state index in [0.29, 0.717) is 10.5 Å². The SMILES string of the molecule is Cc1[nH]c(-c2ccc(F)cc2)nc(=S)c1Br. The number of halogens is 2. The van der Waals surface area contributed by atoms with Gasteiger partial charge in [0.05, 0.1) is 4.47 Å². The van der Waals surface area contributed by atoms with Crippen molar-refractivity contribution in [3.05, 3.63) is 44.9 Å². The van der Waals surface area contributed by atoms with Crippen molar-refractivity contribution in [2.75, 3.05) is 0 Å². The van der Waals surface area contributed by atoms with E-state index in [4.69, 9.17) is 12.2 Å². The first-order valence-electron chi connectivity index (χ1n) is 4.60. The van der Waals surface area contributed by atoms with Crippen molar-refractivity contribution in [2.45, 2.75) is 6.92 Å². The van der Waals surface area contributed by atoms with Gasteiger partial charge in [0.15, 0.2) is 0 Å². The van der Waals surface area contributed by atoms with Gasteiger partial charge >= 0.3 is 0 Å². The lowest BCUT2D eigenvalue weighted by Crippen LogP contribution is -1.94. The normalized spacial score (nSPS) is 10.4. The van der Waals surface area contributed by atoms with Crippen LogP contribution in [-0.4, -0.2) is 9.97 Å². The van der Waals surface area contributed by atoms with Crippen LogP contribution in [0.4, 0.5) is 4.39 Å². The number of rotatable bonds is 1. The first-order chi connectivity index (χ1) is 7.58. The van der Waals surface area contributed by atoms with Crippen molar-refractivity contribution in [1.82, 2.24) is 9.97 Å². The van der Waals surface area contributed by atoms with Gasteiger partial charge in [-0.1, -0.05) is 12.2 Å². The minimum atomic E-state index is -0.267. The smallest absolute Gasteiger partial charge is 0.144 e. The van der Waals surface area contributed by atoms with Gasteiger partial charge < -0.3 is 4.98 Å². The molecule has 0 amide bonds. The lowest BCUT2D eigenvalue weighted by atomic mass is 10.2. The summed E-state index contributed by atoms with van der Waals surface area (Å²) < 4.78 is 14.0. The molecule has 0 spiro atoms. The molecule has 0 unspecified atom stereocenters. The Kier molecular flexibility index (Phi) is 3.16. The van der Waals surface area contributed by atoms with Crippen LogP contribution in [-0.2, 0) is 0 Å². The van der Waals surface area contributed by atoms with E-state index in [-0.39, 0.29) is 5.82 Å². The first-order valence-corrected chi connectivity index (χ1v) is 5.80. The second kappa shape index (κ2) is 4.43. The zero-order chi connectivity index (χ0) is 11.7. The lowest BCUT2D eigenvalue weighted by Gasteiger charge is -2.04. The molecule has 1 aromatic heterocycles. The Balaban J connectivity index is 2.57. The fourth-order valence-corrected chi connectivity index (χ4v) is 1.75. The third-order valence-electron chi connectivity index (χ3n) is 2.15. The summed E-state index contributed by atoms with van der Waals surface area (Å²) in [6.45, 7) is 1.90. The number of nitrogens with one attached hydrogen (secondary N) is 1. The molecule has 0 aliphatic rings. The molecule has 0 atom stereocenters. The van der Waals surface area contributed by atoms with Gasteiger partial charge in [0.25, 0.3) is 0 Å². The average Bonchev–Trinajstić information content (AvgIpc) is 2.26. The standard InChI is InChI=1S/C11H8BrFN2S/c1-6-9(12)11(16)15-10(14-6)7-2-4-8(13)5-3-7/h2-5H,1H3,(H,14,15,16). The molecule has 2 nitrogen and oxygen atoms in total. The summed E-state index contributed by atoms with van der Waals surface area (Å²) in [6, 6.07) is 6.11. The second-order valence-electron chi connectivity index (χ2n) is 3.34. The van der Waals surface area contributed by atoms with Crippen LogP contribution in [0, 0.1) is 17.4 Å². The molecular weight excluding hydrogens is 291 g/mol. The van der Waals surface area contributed by atoms with Crippen molar-refractivity contribution < 1.29 is 4.39 Å². The number of aryl methyl sites for hydroxylation is 1. The van der Waals surface area contributed by atoms with Crippen molar-refractivity contribution in [1.29, 1.82) is 0 Å². The Labute approximate surface area is 106 Å². The van der Waals surface area contributed by atoms with Crippen molar-refractivity contribution in [2.24, 2.45) is 0 Å². The first kappa shape index (κ1) is 11.4. The minimum Gasteiger partial charge on any atom is -0.342 e. The Morgan fingerprint density at radius 2 is 1.94 bits per heavy atom. The van der Waals surface area contributed by atoms with Gasteiger partial charge in [-0.25, -0.2) is 9.37 Å². The van der Waals surface area contributed by atoms with Crippen molar-refractivity contribution in [3.8, 4) is 11.4 Å². The molecule has 82 valence electrons. The Hall–Kier alpha value is -1.07. The zero-order valence-corrected chi connectivity index (χ0v) is 10.8. The molecule has 2 aromatic rings. The Morgan fingerprint density at radius 3 is 2.50 bits per heavy atom. The summed E-state index contributed by atoms with van der Waals surface area (Å²) in [7, 11) is 0. The molecule has 0 saturated heterocycles. The molecule has 0 fully saturated rings. The third-order valence-corrected chi connectivity index (χ3v) is 3.68. The highest BCUT2D eigenvalue weighted by molar-refractivity contribution is 9.10.